The lowest BCUT2D eigenvalue weighted by Gasteiger charge is -2.18. The third-order valence-corrected chi connectivity index (χ3v) is 4.90. The number of nitrogens with one attached hydrogen (secondary N) is 1. The zero-order valence-corrected chi connectivity index (χ0v) is 20.2. The quantitative estimate of drug-likeness (QED) is 0.466. The topological polar surface area (TPSA) is 102 Å². The molecular weight excluding hydrogens is 472 g/mol. The summed E-state index contributed by atoms with van der Waals surface area (Å²) in [6.07, 6.45) is 4.95. The smallest absolute Gasteiger partial charge is 0.417 e. The first-order valence-electron chi connectivity index (χ1n) is 10.8. The molecule has 35 heavy (non-hydrogen) atoms. The number of amides is 3. The van der Waals surface area contributed by atoms with Gasteiger partial charge in [0.1, 0.15) is 19.3 Å². The van der Waals surface area contributed by atoms with Gasteiger partial charge in [-0.25, -0.2) is 14.5 Å². The Morgan fingerprint density at radius 3 is 1.91 bits per heavy atom. The number of carbonyl (C=O) groups is 4. The van der Waals surface area contributed by atoms with Gasteiger partial charge in [0, 0.05) is 0 Å². The van der Waals surface area contributed by atoms with Crippen molar-refractivity contribution in [1.82, 2.24) is 10.2 Å². The Balaban J connectivity index is 0.000000209. The van der Waals surface area contributed by atoms with Crippen LogP contribution in [0.1, 0.15) is 37.1 Å². The van der Waals surface area contributed by atoms with Crippen molar-refractivity contribution >= 4 is 34.9 Å². The van der Waals surface area contributed by atoms with Crippen LogP contribution in [0.25, 0.3) is 0 Å². The van der Waals surface area contributed by atoms with Crippen LogP contribution in [0.15, 0.2) is 85.0 Å². The van der Waals surface area contributed by atoms with Crippen LogP contribution in [-0.2, 0) is 19.1 Å². The number of cyclic esters (lactones) is 2. The van der Waals surface area contributed by atoms with Gasteiger partial charge in [0.2, 0.25) is 5.24 Å². The number of alkyl carbamates (subject to hydrolysis) is 1. The van der Waals surface area contributed by atoms with Gasteiger partial charge in [-0.05, 0) is 48.7 Å². The molecule has 8 nitrogen and oxygen atoms in total. The Morgan fingerprint density at radius 1 is 0.886 bits per heavy atom. The number of allylic oxidation sites excluding steroid dienone is 3. The molecule has 0 aromatic heterocycles. The fourth-order valence-corrected chi connectivity index (χ4v) is 3.32. The fraction of sp³-hybridized carbons (Fsp3) is 0.231. The number of hydrogen-bond donors (Lipinski definition) is 1. The van der Waals surface area contributed by atoms with E-state index in [1.165, 1.54) is 12.2 Å². The number of nitrogens with zero attached hydrogens (tertiary/aromatic N) is 1. The van der Waals surface area contributed by atoms with Crippen LogP contribution in [0.5, 0.6) is 0 Å². The van der Waals surface area contributed by atoms with Gasteiger partial charge in [-0.15, -0.1) is 0 Å². The van der Waals surface area contributed by atoms with Crippen molar-refractivity contribution in [2.45, 2.75) is 25.9 Å². The third kappa shape index (κ3) is 8.75. The van der Waals surface area contributed by atoms with Crippen molar-refractivity contribution in [3.63, 3.8) is 0 Å². The average molecular weight is 499 g/mol. The van der Waals surface area contributed by atoms with Crippen molar-refractivity contribution in [1.29, 1.82) is 0 Å². The van der Waals surface area contributed by atoms with E-state index in [0.29, 0.717) is 6.61 Å². The minimum Gasteiger partial charge on any atom is -0.447 e. The van der Waals surface area contributed by atoms with E-state index in [9.17, 15) is 19.2 Å². The number of benzene rings is 2. The number of carbonyl (C=O) groups excluding carboxylic acids is 4. The minimum absolute atomic E-state index is 0.0266. The molecule has 2 heterocycles. The molecule has 2 aromatic carbocycles. The van der Waals surface area contributed by atoms with Crippen molar-refractivity contribution < 1.29 is 28.7 Å². The highest BCUT2D eigenvalue weighted by atomic mass is 35.5. The van der Waals surface area contributed by atoms with Crippen LogP contribution >= 0.6 is 11.6 Å². The van der Waals surface area contributed by atoms with Crippen LogP contribution in [-0.4, -0.2) is 41.4 Å². The first kappa shape index (κ1) is 27.3. The Hall–Kier alpha value is -3.91. The molecule has 0 spiro atoms. The van der Waals surface area contributed by atoms with Crippen LogP contribution in [0.2, 0.25) is 0 Å². The molecule has 2 aliphatic rings. The summed E-state index contributed by atoms with van der Waals surface area (Å²) in [5, 5.41) is 2.29. The highest BCUT2D eigenvalue weighted by Gasteiger charge is 2.37. The largest absolute Gasteiger partial charge is 0.447 e. The molecule has 2 aliphatic heterocycles. The molecule has 0 bridgehead atoms. The number of hydrogen-bond acceptors (Lipinski definition) is 6. The Labute approximate surface area is 209 Å². The standard InChI is InChI=1S/C13H13NO3.C9H9NO2.C4H5ClO/c1-2-6-12(15)14-11(9-17-13(14)16)10-7-4-3-5-8-10;11-9-10-8(6-12-9)7-4-2-1-3-5-7;1-2-3-4(5)6/h2-8,11H,9H2,1H3;1-5,8H,6H2,(H,10,11);2-3H,1H3/b6-2+;;3-2+/t11-;8-;/m00./s1. The van der Waals surface area contributed by atoms with Crippen molar-refractivity contribution in [3.8, 4) is 0 Å². The molecule has 4 rings (SSSR count). The van der Waals surface area contributed by atoms with Crippen LogP contribution < -0.4 is 5.32 Å². The zero-order valence-electron chi connectivity index (χ0n) is 19.4. The van der Waals surface area contributed by atoms with Crippen molar-refractivity contribution in [2.75, 3.05) is 13.2 Å². The summed E-state index contributed by atoms with van der Waals surface area (Å²) in [7, 11) is 0. The Morgan fingerprint density at radius 2 is 1.46 bits per heavy atom. The Bertz CT molecular complexity index is 1060. The molecule has 0 unspecified atom stereocenters. The summed E-state index contributed by atoms with van der Waals surface area (Å²) in [5.74, 6) is -0.344. The van der Waals surface area contributed by atoms with Crippen LogP contribution in [0.4, 0.5) is 9.59 Å². The summed E-state index contributed by atoms with van der Waals surface area (Å²) in [6, 6.07) is 18.9. The maximum Gasteiger partial charge on any atom is 0.417 e. The van der Waals surface area contributed by atoms with E-state index in [2.05, 4.69) is 5.32 Å². The molecule has 2 atom stereocenters. The fourth-order valence-electron chi connectivity index (χ4n) is 3.19. The monoisotopic (exact) mass is 498 g/mol. The summed E-state index contributed by atoms with van der Waals surface area (Å²) in [5.41, 5.74) is 1.99. The first-order valence-corrected chi connectivity index (χ1v) is 11.2. The van der Waals surface area contributed by atoms with Crippen molar-refractivity contribution in [2.24, 2.45) is 0 Å². The second-order valence-electron chi connectivity index (χ2n) is 7.22. The molecule has 0 saturated carbocycles. The molecule has 1 N–H and O–H groups in total. The number of rotatable bonds is 4. The van der Waals surface area contributed by atoms with Gasteiger partial charge in [-0.1, -0.05) is 72.8 Å². The number of imide groups is 1. The number of ether oxygens (including phenoxy) is 2. The van der Waals surface area contributed by atoms with Gasteiger partial charge in [0.05, 0.1) is 6.04 Å². The lowest BCUT2D eigenvalue weighted by atomic mass is 10.1. The molecule has 2 saturated heterocycles. The van der Waals surface area contributed by atoms with E-state index in [1.54, 1.807) is 26.0 Å². The summed E-state index contributed by atoms with van der Waals surface area (Å²) < 4.78 is 9.70. The molecule has 3 amide bonds. The first-order chi connectivity index (χ1) is 16.9. The predicted octanol–water partition coefficient (Wildman–Crippen LogP) is 5.08. The van der Waals surface area contributed by atoms with Gasteiger partial charge in [-0.2, -0.15) is 0 Å². The number of halogens is 1. The molecule has 9 heteroatoms. The van der Waals surface area contributed by atoms with Gasteiger partial charge >= 0.3 is 12.2 Å². The molecule has 0 aliphatic carbocycles. The summed E-state index contributed by atoms with van der Waals surface area (Å²) >= 11 is 4.85. The van der Waals surface area contributed by atoms with Gasteiger partial charge in [0.25, 0.3) is 5.91 Å². The van der Waals surface area contributed by atoms with E-state index in [-0.39, 0.29) is 30.7 Å². The summed E-state index contributed by atoms with van der Waals surface area (Å²) in [4.78, 5) is 44.9. The molecule has 184 valence electrons. The average Bonchev–Trinajstić information content (AvgIpc) is 3.47. The SMILES string of the molecule is C/C=C/C(=O)Cl.C/C=C/C(=O)N1C(=O)OC[C@H]1c1ccccc1.O=C1N[C@H](c2ccccc2)CO1. The maximum atomic E-state index is 11.8. The molecule has 2 fully saturated rings. The van der Waals surface area contributed by atoms with E-state index in [1.807, 2.05) is 60.7 Å². The Kier molecular flexibility index (Phi) is 11.2. The molecule has 0 radical (unpaired) electrons. The van der Waals surface area contributed by atoms with Gasteiger partial charge in [0.15, 0.2) is 0 Å². The predicted molar refractivity (Wildman–Crippen MR) is 132 cm³/mol. The lowest BCUT2D eigenvalue weighted by Crippen LogP contribution is -2.32. The van der Waals surface area contributed by atoms with Crippen LogP contribution in [0, 0.1) is 0 Å². The molecular formula is C26H27ClN2O6. The van der Waals surface area contributed by atoms with E-state index in [0.717, 1.165) is 16.0 Å². The van der Waals surface area contributed by atoms with Crippen LogP contribution in [0.3, 0.4) is 0 Å². The lowest BCUT2D eigenvalue weighted by molar-refractivity contribution is -0.124. The van der Waals surface area contributed by atoms with Gasteiger partial charge in [-0.3, -0.25) is 9.59 Å². The molecule has 2 aromatic rings. The second kappa shape index (κ2) is 14.4. The van der Waals surface area contributed by atoms with Gasteiger partial charge < -0.3 is 14.8 Å². The normalized spacial score (nSPS) is 18.7. The third-order valence-electron chi connectivity index (χ3n) is 4.78. The minimum atomic E-state index is -0.582. The van der Waals surface area contributed by atoms with E-state index >= 15 is 0 Å². The zero-order chi connectivity index (χ0) is 25.6. The van der Waals surface area contributed by atoms with E-state index in [4.69, 9.17) is 21.1 Å². The van der Waals surface area contributed by atoms with E-state index < -0.39 is 11.3 Å². The van der Waals surface area contributed by atoms with Crippen molar-refractivity contribution in [3.05, 3.63) is 96.1 Å². The summed E-state index contributed by atoms with van der Waals surface area (Å²) in [6.45, 7) is 4.12. The second-order valence-corrected chi connectivity index (χ2v) is 7.59. The maximum absolute atomic E-state index is 11.8. The highest BCUT2D eigenvalue weighted by Crippen LogP contribution is 2.27. The highest BCUT2D eigenvalue weighted by molar-refractivity contribution is 6.66.